The van der Waals surface area contributed by atoms with E-state index in [4.69, 9.17) is 5.73 Å². The fourth-order valence-corrected chi connectivity index (χ4v) is 1.04. The smallest absolute Gasteiger partial charge is 0.141 e. The van der Waals surface area contributed by atoms with Crippen molar-refractivity contribution in [1.29, 1.82) is 0 Å². The van der Waals surface area contributed by atoms with Gasteiger partial charge in [0.25, 0.3) is 0 Å². The Morgan fingerprint density at radius 1 is 1.23 bits per heavy atom. The summed E-state index contributed by atoms with van der Waals surface area (Å²) >= 11 is 0. The van der Waals surface area contributed by atoms with Crippen molar-refractivity contribution in [2.24, 2.45) is 11.7 Å². The van der Waals surface area contributed by atoms with Gasteiger partial charge in [-0.25, -0.2) is 0 Å². The molecule has 0 aliphatic heterocycles. The summed E-state index contributed by atoms with van der Waals surface area (Å²) in [5, 5.41) is 9.84. The van der Waals surface area contributed by atoms with Gasteiger partial charge in [0.15, 0.2) is 0 Å². The summed E-state index contributed by atoms with van der Waals surface area (Å²) < 4.78 is 0. The molecule has 0 radical (unpaired) electrons. The third-order valence-corrected chi connectivity index (χ3v) is 2.12. The molecule has 3 N–H and O–H groups in total. The van der Waals surface area contributed by atoms with Gasteiger partial charge in [0.05, 0.1) is 0 Å². The zero-order chi connectivity index (χ0) is 9.19. The zero-order valence-electron chi connectivity index (χ0n) is 7.90. The molecule has 1 rings (SSSR count). The maximum atomic E-state index is 9.84. The average molecular weight is 202 g/mol. The molecule has 0 saturated heterocycles. The molecule has 0 saturated carbocycles. The first kappa shape index (κ1) is 12.4. The van der Waals surface area contributed by atoms with Crippen LogP contribution in [-0.4, -0.2) is 5.11 Å². The van der Waals surface area contributed by atoms with Crippen molar-refractivity contribution in [1.82, 2.24) is 0 Å². The van der Waals surface area contributed by atoms with Crippen LogP contribution in [0, 0.1) is 5.92 Å². The first-order chi connectivity index (χ1) is 5.55. The second-order valence-electron chi connectivity index (χ2n) is 3.35. The first-order valence-electron chi connectivity index (χ1n) is 4.12. The van der Waals surface area contributed by atoms with Crippen LogP contribution in [0.1, 0.15) is 19.4 Å². The summed E-state index contributed by atoms with van der Waals surface area (Å²) in [7, 11) is 0. The van der Waals surface area contributed by atoms with Crippen LogP contribution in [0.15, 0.2) is 30.3 Å². The highest BCUT2D eigenvalue weighted by Crippen LogP contribution is 2.22. The molecule has 2 nitrogen and oxygen atoms in total. The van der Waals surface area contributed by atoms with Crippen molar-refractivity contribution in [3.8, 4) is 0 Å². The SMILES string of the molecule is CC(C)[C@@](N)(O)c1ccccc1.Cl. The highest BCUT2D eigenvalue weighted by atomic mass is 35.5. The van der Waals surface area contributed by atoms with Crippen LogP contribution in [0.5, 0.6) is 0 Å². The molecule has 0 amide bonds. The second kappa shape index (κ2) is 4.61. The Labute approximate surface area is 85.2 Å². The highest BCUT2D eigenvalue weighted by Gasteiger charge is 2.27. The van der Waals surface area contributed by atoms with E-state index in [1.54, 1.807) is 0 Å². The lowest BCUT2D eigenvalue weighted by Gasteiger charge is -2.27. The minimum atomic E-state index is -1.21. The molecular weight excluding hydrogens is 186 g/mol. The minimum absolute atomic E-state index is 0. The number of aliphatic hydroxyl groups is 1. The van der Waals surface area contributed by atoms with Crippen molar-refractivity contribution in [2.45, 2.75) is 19.6 Å². The maximum Gasteiger partial charge on any atom is 0.141 e. The molecule has 0 unspecified atom stereocenters. The summed E-state index contributed by atoms with van der Waals surface area (Å²) in [5.41, 5.74) is 5.29. The van der Waals surface area contributed by atoms with Crippen molar-refractivity contribution in [3.05, 3.63) is 35.9 Å². The molecule has 13 heavy (non-hydrogen) atoms. The first-order valence-corrected chi connectivity index (χ1v) is 4.12. The van der Waals surface area contributed by atoms with Crippen molar-refractivity contribution >= 4 is 12.4 Å². The third-order valence-electron chi connectivity index (χ3n) is 2.12. The lowest BCUT2D eigenvalue weighted by Crippen LogP contribution is -2.41. The zero-order valence-corrected chi connectivity index (χ0v) is 8.71. The topological polar surface area (TPSA) is 46.2 Å². The van der Waals surface area contributed by atoms with E-state index in [0.29, 0.717) is 0 Å². The van der Waals surface area contributed by atoms with Gasteiger partial charge in [0.2, 0.25) is 0 Å². The predicted octanol–water partition coefficient (Wildman–Crippen LogP) is 1.87. The Morgan fingerprint density at radius 2 is 1.69 bits per heavy atom. The minimum Gasteiger partial charge on any atom is -0.372 e. The van der Waals surface area contributed by atoms with Gasteiger partial charge in [-0.1, -0.05) is 44.2 Å². The predicted molar refractivity (Wildman–Crippen MR) is 56.6 cm³/mol. The van der Waals surface area contributed by atoms with E-state index in [1.807, 2.05) is 44.2 Å². The molecule has 1 atom stereocenters. The molecule has 0 fully saturated rings. The Kier molecular flexibility index (Phi) is 4.40. The molecule has 0 aliphatic carbocycles. The quantitative estimate of drug-likeness (QED) is 0.718. The molecule has 0 bridgehead atoms. The van der Waals surface area contributed by atoms with E-state index >= 15 is 0 Å². The van der Waals surface area contributed by atoms with Gasteiger partial charge in [-0.2, -0.15) is 0 Å². The van der Waals surface area contributed by atoms with Gasteiger partial charge in [0, 0.05) is 0 Å². The van der Waals surface area contributed by atoms with Gasteiger partial charge >= 0.3 is 0 Å². The van der Waals surface area contributed by atoms with E-state index in [-0.39, 0.29) is 18.3 Å². The summed E-state index contributed by atoms with van der Waals surface area (Å²) in [6, 6.07) is 9.31. The molecule has 1 aromatic carbocycles. The highest BCUT2D eigenvalue weighted by molar-refractivity contribution is 5.85. The Hall–Kier alpha value is -0.570. The average Bonchev–Trinajstić information content (AvgIpc) is 2.06. The van der Waals surface area contributed by atoms with E-state index < -0.39 is 5.72 Å². The molecule has 0 spiro atoms. The molecule has 1 aromatic rings. The van der Waals surface area contributed by atoms with Crippen LogP contribution in [0.3, 0.4) is 0 Å². The normalized spacial score (nSPS) is 14.8. The number of rotatable bonds is 2. The Bertz CT molecular complexity index is 246. The summed E-state index contributed by atoms with van der Waals surface area (Å²) in [5.74, 6) is 0.0138. The summed E-state index contributed by atoms with van der Waals surface area (Å²) in [6.45, 7) is 3.79. The van der Waals surface area contributed by atoms with Gasteiger partial charge in [-0.05, 0) is 11.5 Å². The van der Waals surface area contributed by atoms with E-state index in [2.05, 4.69) is 0 Å². The molecule has 0 aliphatic rings. The molecule has 0 aromatic heterocycles. The monoisotopic (exact) mass is 201 g/mol. The van der Waals surface area contributed by atoms with Crippen molar-refractivity contribution in [3.63, 3.8) is 0 Å². The lowest BCUT2D eigenvalue weighted by atomic mass is 9.93. The third kappa shape index (κ3) is 2.69. The summed E-state index contributed by atoms with van der Waals surface area (Å²) in [6.07, 6.45) is 0. The van der Waals surface area contributed by atoms with Gasteiger partial charge in [-0.15, -0.1) is 12.4 Å². The van der Waals surface area contributed by atoms with Crippen molar-refractivity contribution < 1.29 is 5.11 Å². The number of hydrogen-bond acceptors (Lipinski definition) is 2. The van der Waals surface area contributed by atoms with Crippen LogP contribution < -0.4 is 5.73 Å². The van der Waals surface area contributed by atoms with Crippen molar-refractivity contribution in [2.75, 3.05) is 0 Å². The lowest BCUT2D eigenvalue weighted by molar-refractivity contribution is -0.00394. The molecule has 3 heteroatoms. The molecular formula is C10H16ClNO. The number of halogens is 1. The Balaban J connectivity index is 0.00000144. The van der Waals surface area contributed by atoms with Crippen LogP contribution in [-0.2, 0) is 5.72 Å². The standard InChI is InChI=1S/C10H15NO.ClH/c1-8(2)10(11,12)9-6-4-3-5-7-9;/h3-8,12H,11H2,1-2H3;1H/t10-;/m1./s1. The number of hydrogen-bond donors (Lipinski definition) is 2. The van der Waals surface area contributed by atoms with Gasteiger partial charge in [-0.3, -0.25) is 5.73 Å². The van der Waals surface area contributed by atoms with Crippen LogP contribution >= 0.6 is 12.4 Å². The van der Waals surface area contributed by atoms with E-state index in [1.165, 1.54) is 0 Å². The fourth-order valence-electron chi connectivity index (χ4n) is 1.04. The van der Waals surface area contributed by atoms with E-state index in [9.17, 15) is 5.11 Å². The van der Waals surface area contributed by atoms with Crippen LogP contribution in [0.2, 0.25) is 0 Å². The largest absolute Gasteiger partial charge is 0.372 e. The van der Waals surface area contributed by atoms with E-state index in [0.717, 1.165) is 5.56 Å². The number of benzene rings is 1. The Morgan fingerprint density at radius 3 is 2.08 bits per heavy atom. The number of nitrogens with two attached hydrogens (primary N) is 1. The maximum absolute atomic E-state index is 9.84. The molecule has 74 valence electrons. The van der Waals surface area contributed by atoms with Gasteiger partial charge < -0.3 is 5.11 Å². The van der Waals surface area contributed by atoms with Gasteiger partial charge in [0.1, 0.15) is 5.72 Å². The van der Waals surface area contributed by atoms with Crippen LogP contribution in [0.4, 0.5) is 0 Å². The van der Waals surface area contributed by atoms with Crippen LogP contribution in [0.25, 0.3) is 0 Å². The second-order valence-corrected chi connectivity index (χ2v) is 3.35. The molecule has 0 heterocycles. The fraction of sp³-hybridized carbons (Fsp3) is 0.400. The summed E-state index contributed by atoms with van der Waals surface area (Å²) in [4.78, 5) is 0.